The number of benzene rings is 1. The normalized spacial score (nSPS) is 11.9. The summed E-state index contributed by atoms with van der Waals surface area (Å²) < 4.78 is 9.66. The maximum atomic E-state index is 11.4. The van der Waals surface area contributed by atoms with Crippen LogP contribution in [0.5, 0.6) is 5.75 Å². The van der Waals surface area contributed by atoms with Gasteiger partial charge in [-0.2, -0.15) is 0 Å². The Balaban J connectivity index is 2.96. The van der Waals surface area contributed by atoms with Gasteiger partial charge in [0.05, 0.1) is 13.0 Å². The monoisotopic (exact) mass is 272 g/mol. The van der Waals surface area contributed by atoms with E-state index < -0.39 is 0 Å². The first-order valence-corrected chi connectivity index (χ1v) is 5.34. The summed E-state index contributed by atoms with van der Waals surface area (Å²) in [6.45, 7) is 1.94. The summed E-state index contributed by atoms with van der Waals surface area (Å²) in [6.07, 6.45) is 0.692. The van der Waals surface area contributed by atoms with E-state index >= 15 is 0 Å². The molecule has 0 amide bonds. The zero-order chi connectivity index (χ0) is 11.3. The van der Waals surface area contributed by atoms with E-state index in [1.165, 1.54) is 0 Å². The van der Waals surface area contributed by atoms with E-state index in [-0.39, 0.29) is 11.9 Å². The van der Waals surface area contributed by atoms with Gasteiger partial charge >= 0.3 is 5.97 Å². The molecule has 0 N–H and O–H groups in total. The van der Waals surface area contributed by atoms with Crippen LogP contribution in [0.4, 0.5) is 0 Å². The minimum Gasteiger partial charge on any atom is -0.497 e. The zero-order valence-electron chi connectivity index (χ0n) is 8.70. The lowest BCUT2D eigenvalue weighted by atomic mass is 9.97. The third-order valence-corrected chi connectivity index (χ3v) is 2.58. The van der Waals surface area contributed by atoms with E-state index in [2.05, 4.69) is 20.1 Å². The first-order chi connectivity index (χ1) is 7.22. The molecule has 1 atom stereocenters. The van der Waals surface area contributed by atoms with Gasteiger partial charge in [0, 0.05) is 0 Å². The smallest absolute Gasteiger partial charge is 0.324 e. The molecule has 1 rings (SSSR count). The summed E-state index contributed by atoms with van der Waals surface area (Å²) in [5.41, 5.74) is 0.904. The van der Waals surface area contributed by atoms with Crippen LogP contribution in [0.2, 0.25) is 0 Å². The Morgan fingerprint density at radius 1 is 1.53 bits per heavy atom. The van der Waals surface area contributed by atoms with Crippen LogP contribution in [0.25, 0.3) is 0 Å². The number of hydrogen-bond acceptors (Lipinski definition) is 3. The summed E-state index contributed by atoms with van der Waals surface area (Å²) in [6, 6.07) is 7.44. The van der Waals surface area contributed by atoms with Gasteiger partial charge in [0.25, 0.3) is 0 Å². The van der Waals surface area contributed by atoms with E-state index in [0.717, 1.165) is 11.3 Å². The second-order valence-electron chi connectivity index (χ2n) is 3.13. The summed E-state index contributed by atoms with van der Waals surface area (Å²) in [7, 11) is 1.60. The SMILES string of the molecule is CCC(C(=O)OBr)c1cccc(OC)c1. The Bertz CT molecular complexity index is 338. The van der Waals surface area contributed by atoms with Gasteiger partial charge in [-0.1, -0.05) is 19.1 Å². The fourth-order valence-corrected chi connectivity index (χ4v) is 1.68. The van der Waals surface area contributed by atoms with Gasteiger partial charge in [-0.25, -0.2) is 0 Å². The number of carbonyl (C=O) groups excluding carboxylic acids is 1. The van der Waals surface area contributed by atoms with Crippen molar-refractivity contribution in [3.63, 3.8) is 0 Å². The molecule has 1 aromatic carbocycles. The molecule has 0 bridgehead atoms. The average Bonchev–Trinajstić information content (AvgIpc) is 2.30. The average molecular weight is 273 g/mol. The van der Waals surface area contributed by atoms with E-state index in [9.17, 15) is 4.79 Å². The van der Waals surface area contributed by atoms with Crippen LogP contribution in [0.1, 0.15) is 24.8 Å². The van der Waals surface area contributed by atoms with Crippen molar-refractivity contribution >= 4 is 22.2 Å². The van der Waals surface area contributed by atoms with Crippen molar-refractivity contribution in [2.75, 3.05) is 7.11 Å². The van der Waals surface area contributed by atoms with Crippen LogP contribution in [0.3, 0.4) is 0 Å². The largest absolute Gasteiger partial charge is 0.497 e. The lowest BCUT2D eigenvalue weighted by Crippen LogP contribution is -2.11. The van der Waals surface area contributed by atoms with Gasteiger partial charge in [-0.05, 0) is 24.1 Å². The van der Waals surface area contributed by atoms with Crippen LogP contribution in [-0.2, 0) is 8.62 Å². The molecule has 3 nitrogen and oxygen atoms in total. The number of halogens is 1. The van der Waals surface area contributed by atoms with Crippen molar-refractivity contribution < 1.29 is 13.4 Å². The van der Waals surface area contributed by atoms with Gasteiger partial charge in [-0.3, -0.25) is 4.79 Å². The van der Waals surface area contributed by atoms with Crippen LogP contribution >= 0.6 is 16.3 Å². The van der Waals surface area contributed by atoms with Crippen molar-refractivity contribution in [1.29, 1.82) is 0 Å². The summed E-state index contributed by atoms with van der Waals surface area (Å²) in [5.74, 6) is 0.207. The molecule has 0 spiro atoms. The molecule has 82 valence electrons. The van der Waals surface area contributed by atoms with Gasteiger partial charge < -0.3 is 8.57 Å². The molecule has 15 heavy (non-hydrogen) atoms. The van der Waals surface area contributed by atoms with E-state index in [1.54, 1.807) is 7.11 Å². The molecule has 0 radical (unpaired) electrons. The Morgan fingerprint density at radius 3 is 2.80 bits per heavy atom. The molecule has 0 heterocycles. The highest BCUT2D eigenvalue weighted by atomic mass is 79.9. The fraction of sp³-hybridized carbons (Fsp3) is 0.364. The molecular weight excluding hydrogens is 260 g/mol. The highest BCUT2D eigenvalue weighted by Gasteiger charge is 2.20. The van der Waals surface area contributed by atoms with E-state index in [0.29, 0.717) is 6.42 Å². The van der Waals surface area contributed by atoms with Gasteiger partial charge in [-0.15, -0.1) is 0 Å². The van der Waals surface area contributed by atoms with Crippen molar-refractivity contribution in [3.05, 3.63) is 29.8 Å². The molecule has 1 aromatic rings. The molecule has 0 aliphatic rings. The summed E-state index contributed by atoms with van der Waals surface area (Å²) in [4.78, 5) is 11.4. The van der Waals surface area contributed by atoms with E-state index in [1.807, 2.05) is 31.2 Å². The standard InChI is InChI=1S/C11H13BrO3/c1-3-10(11(13)15-12)8-5-4-6-9(7-8)14-2/h4-7,10H,3H2,1-2H3. The van der Waals surface area contributed by atoms with Crippen molar-refractivity contribution in [3.8, 4) is 5.75 Å². The predicted molar refractivity (Wildman–Crippen MR) is 61.0 cm³/mol. The lowest BCUT2D eigenvalue weighted by Gasteiger charge is -2.12. The summed E-state index contributed by atoms with van der Waals surface area (Å²) >= 11 is 2.71. The van der Waals surface area contributed by atoms with Crippen LogP contribution < -0.4 is 4.74 Å². The quantitative estimate of drug-likeness (QED) is 0.845. The molecule has 0 saturated heterocycles. The summed E-state index contributed by atoms with van der Waals surface area (Å²) in [5, 5.41) is 0. The van der Waals surface area contributed by atoms with Crippen LogP contribution in [0.15, 0.2) is 24.3 Å². The third-order valence-electron chi connectivity index (χ3n) is 2.26. The third kappa shape index (κ3) is 2.96. The molecule has 1 unspecified atom stereocenters. The number of carbonyl (C=O) groups is 1. The van der Waals surface area contributed by atoms with Crippen molar-refractivity contribution in [2.24, 2.45) is 0 Å². The number of ether oxygens (including phenoxy) is 1. The molecule has 0 fully saturated rings. The molecular formula is C11H13BrO3. The number of rotatable bonds is 4. The first-order valence-electron chi connectivity index (χ1n) is 4.69. The molecule has 0 aromatic heterocycles. The maximum absolute atomic E-state index is 11.4. The number of hydrogen-bond donors (Lipinski definition) is 0. The Morgan fingerprint density at radius 2 is 2.27 bits per heavy atom. The minimum absolute atomic E-state index is 0.250. The predicted octanol–water partition coefficient (Wildman–Crippen LogP) is 3.04. The Hall–Kier alpha value is -1.03. The molecule has 0 saturated carbocycles. The topological polar surface area (TPSA) is 35.5 Å². The van der Waals surface area contributed by atoms with E-state index in [4.69, 9.17) is 4.74 Å². The lowest BCUT2D eigenvalue weighted by molar-refractivity contribution is -0.134. The number of methoxy groups -OCH3 is 1. The Kier molecular flexibility index (Phi) is 4.62. The zero-order valence-corrected chi connectivity index (χ0v) is 10.3. The maximum Gasteiger partial charge on any atom is 0.324 e. The van der Waals surface area contributed by atoms with Crippen LogP contribution in [0, 0.1) is 0 Å². The van der Waals surface area contributed by atoms with Gasteiger partial charge in [0.1, 0.15) is 5.75 Å². The minimum atomic E-state index is -0.286. The Labute approximate surface area is 97.8 Å². The second-order valence-corrected chi connectivity index (χ2v) is 3.46. The highest BCUT2D eigenvalue weighted by Crippen LogP contribution is 2.25. The molecule has 0 aliphatic carbocycles. The first kappa shape index (κ1) is 12.0. The highest BCUT2D eigenvalue weighted by molar-refractivity contribution is 9.06. The fourth-order valence-electron chi connectivity index (χ4n) is 1.45. The van der Waals surface area contributed by atoms with Crippen LogP contribution in [-0.4, -0.2) is 13.1 Å². The van der Waals surface area contributed by atoms with Gasteiger partial charge in [0.2, 0.25) is 0 Å². The van der Waals surface area contributed by atoms with Gasteiger partial charge in [0.15, 0.2) is 16.3 Å². The van der Waals surface area contributed by atoms with Crippen molar-refractivity contribution in [2.45, 2.75) is 19.3 Å². The van der Waals surface area contributed by atoms with Crippen molar-refractivity contribution in [1.82, 2.24) is 0 Å². The molecule has 0 aliphatic heterocycles. The molecule has 4 heteroatoms. The second kappa shape index (κ2) is 5.75.